The van der Waals surface area contributed by atoms with Crippen LogP contribution >= 0.6 is 0 Å². The molecule has 2 N–H and O–H groups in total. The normalized spacial score (nSPS) is 33.9. The molecule has 0 bridgehead atoms. The van der Waals surface area contributed by atoms with Gasteiger partial charge < -0.3 is 15.5 Å². The standard InChI is InChI=1S/C15H25N3O2/c16-15(20)17-8-2-6-12(10-17)14(19)18-9-3-5-11-4-1-7-13(11)18/h11-13H,1-10H2,(H2,16,20)/t11-,12-,13+/m0/s1. The summed E-state index contributed by atoms with van der Waals surface area (Å²) in [6, 6.07) is 0.0834. The average Bonchev–Trinajstić information content (AvgIpc) is 2.95. The number of nitrogens with zero attached hydrogens (tertiary/aromatic N) is 2. The molecule has 112 valence electrons. The first-order valence-corrected chi connectivity index (χ1v) is 8.01. The van der Waals surface area contributed by atoms with Gasteiger partial charge in [-0.05, 0) is 44.4 Å². The third-order valence-electron chi connectivity index (χ3n) is 5.36. The monoisotopic (exact) mass is 279 g/mol. The highest BCUT2D eigenvalue weighted by atomic mass is 16.2. The fraction of sp³-hybridized carbons (Fsp3) is 0.867. The zero-order chi connectivity index (χ0) is 14.1. The molecule has 5 nitrogen and oxygen atoms in total. The third kappa shape index (κ3) is 2.50. The second kappa shape index (κ2) is 5.62. The number of rotatable bonds is 1. The fourth-order valence-electron chi connectivity index (χ4n) is 4.34. The molecule has 3 atom stereocenters. The first kappa shape index (κ1) is 13.7. The average molecular weight is 279 g/mol. The van der Waals surface area contributed by atoms with Crippen molar-refractivity contribution < 1.29 is 9.59 Å². The van der Waals surface area contributed by atoms with Gasteiger partial charge >= 0.3 is 6.03 Å². The van der Waals surface area contributed by atoms with E-state index >= 15 is 0 Å². The Morgan fingerprint density at radius 1 is 0.950 bits per heavy atom. The molecule has 5 heteroatoms. The number of nitrogens with two attached hydrogens (primary N) is 1. The van der Waals surface area contributed by atoms with Gasteiger partial charge in [0.1, 0.15) is 0 Å². The maximum Gasteiger partial charge on any atom is 0.314 e. The summed E-state index contributed by atoms with van der Waals surface area (Å²) in [6.07, 6.45) is 7.93. The minimum absolute atomic E-state index is 0.0319. The number of likely N-dealkylation sites (tertiary alicyclic amines) is 2. The minimum atomic E-state index is -0.389. The minimum Gasteiger partial charge on any atom is -0.351 e. The Kier molecular flexibility index (Phi) is 3.85. The molecular formula is C15H25N3O2. The van der Waals surface area contributed by atoms with Crippen molar-refractivity contribution in [3.05, 3.63) is 0 Å². The largest absolute Gasteiger partial charge is 0.351 e. The molecule has 0 radical (unpaired) electrons. The Labute approximate surface area is 120 Å². The third-order valence-corrected chi connectivity index (χ3v) is 5.36. The van der Waals surface area contributed by atoms with Crippen LogP contribution in [0, 0.1) is 11.8 Å². The summed E-state index contributed by atoms with van der Waals surface area (Å²) in [5.41, 5.74) is 5.36. The summed E-state index contributed by atoms with van der Waals surface area (Å²) in [5.74, 6) is 0.965. The molecule has 0 aromatic rings. The highest BCUT2D eigenvalue weighted by Gasteiger charge is 2.40. The zero-order valence-corrected chi connectivity index (χ0v) is 12.1. The van der Waals surface area contributed by atoms with Crippen molar-refractivity contribution in [2.45, 2.75) is 51.0 Å². The van der Waals surface area contributed by atoms with Gasteiger partial charge in [0.15, 0.2) is 0 Å². The Morgan fingerprint density at radius 3 is 2.50 bits per heavy atom. The molecule has 20 heavy (non-hydrogen) atoms. The Morgan fingerprint density at radius 2 is 1.70 bits per heavy atom. The molecule has 0 aromatic carbocycles. The predicted octanol–water partition coefficient (Wildman–Crippen LogP) is 1.57. The van der Waals surface area contributed by atoms with Gasteiger partial charge in [0.2, 0.25) is 5.91 Å². The van der Waals surface area contributed by atoms with Crippen LogP contribution in [-0.2, 0) is 4.79 Å². The number of fused-ring (bicyclic) bond motifs is 1. The van der Waals surface area contributed by atoms with Crippen LogP contribution < -0.4 is 5.73 Å². The van der Waals surface area contributed by atoms with E-state index in [-0.39, 0.29) is 17.9 Å². The summed E-state index contributed by atoms with van der Waals surface area (Å²) in [5, 5.41) is 0. The number of hydrogen-bond acceptors (Lipinski definition) is 2. The van der Waals surface area contributed by atoms with Gasteiger partial charge in [0, 0.05) is 25.7 Å². The van der Waals surface area contributed by atoms with E-state index in [4.69, 9.17) is 5.73 Å². The number of amides is 3. The summed E-state index contributed by atoms with van der Waals surface area (Å²) >= 11 is 0. The van der Waals surface area contributed by atoms with Crippen LogP contribution in [0.3, 0.4) is 0 Å². The molecule has 3 amide bonds. The van der Waals surface area contributed by atoms with E-state index in [1.54, 1.807) is 4.90 Å². The van der Waals surface area contributed by atoms with E-state index in [2.05, 4.69) is 4.90 Å². The molecule has 1 aliphatic carbocycles. The summed E-state index contributed by atoms with van der Waals surface area (Å²) in [7, 11) is 0. The van der Waals surface area contributed by atoms with Gasteiger partial charge in [-0.2, -0.15) is 0 Å². The zero-order valence-electron chi connectivity index (χ0n) is 12.1. The number of urea groups is 1. The number of primary amides is 1. The molecule has 0 aromatic heterocycles. The molecule has 1 saturated carbocycles. The summed E-state index contributed by atoms with van der Waals surface area (Å²) in [4.78, 5) is 27.9. The Bertz CT molecular complexity index is 399. The van der Waals surface area contributed by atoms with E-state index < -0.39 is 0 Å². The van der Waals surface area contributed by atoms with Crippen LogP contribution in [-0.4, -0.2) is 47.4 Å². The quantitative estimate of drug-likeness (QED) is 0.791. The van der Waals surface area contributed by atoms with Crippen LogP contribution in [0.5, 0.6) is 0 Å². The Balaban J connectivity index is 1.66. The van der Waals surface area contributed by atoms with E-state index in [1.807, 2.05) is 0 Å². The topological polar surface area (TPSA) is 66.6 Å². The van der Waals surface area contributed by atoms with Crippen molar-refractivity contribution in [3.63, 3.8) is 0 Å². The molecule has 2 heterocycles. The van der Waals surface area contributed by atoms with Crippen molar-refractivity contribution >= 4 is 11.9 Å². The lowest BCUT2D eigenvalue weighted by Crippen LogP contribution is -2.52. The molecule has 3 rings (SSSR count). The molecule has 3 aliphatic rings. The van der Waals surface area contributed by atoms with Gasteiger partial charge in [0.25, 0.3) is 0 Å². The van der Waals surface area contributed by atoms with Gasteiger partial charge in [-0.1, -0.05) is 6.42 Å². The van der Waals surface area contributed by atoms with Gasteiger partial charge in [-0.25, -0.2) is 4.79 Å². The molecular weight excluding hydrogens is 254 g/mol. The first-order chi connectivity index (χ1) is 9.66. The lowest BCUT2D eigenvalue weighted by Gasteiger charge is -2.41. The van der Waals surface area contributed by atoms with Crippen molar-refractivity contribution in [2.75, 3.05) is 19.6 Å². The Hall–Kier alpha value is -1.26. The predicted molar refractivity (Wildman–Crippen MR) is 76.0 cm³/mol. The number of hydrogen-bond donors (Lipinski definition) is 1. The smallest absolute Gasteiger partial charge is 0.314 e. The lowest BCUT2D eigenvalue weighted by molar-refractivity contribution is -0.141. The van der Waals surface area contributed by atoms with Crippen molar-refractivity contribution in [1.82, 2.24) is 9.80 Å². The van der Waals surface area contributed by atoms with Crippen molar-refractivity contribution in [2.24, 2.45) is 17.6 Å². The second-order valence-electron chi connectivity index (χ2n) is 6.56. The van der Waals surface area contributed by atoms with E-state index in [9.17, 15) is 9.59 Å². The van der Waals surface area contributed by atoms with Crippen LogP contribution in [0.4, 0.5) is 4.79 Å². The molecule has 0 spiro atoms. The van der Waals surface area contributed by atoms with Gasteiger partial charge in [0.05, 0.1) is 5.92 Å². The number of carbonyl (C=O) groups is 2. The fourth-order valence-corrected chi connectivity index (χ4v) is 4.34. The van der Waals surface area contributed by atoms with Crippen LogP contribution in [0.1, 0.15) is 44.9 Å². The molecule has 0 unspecified atom stereocenters. The second-order valence-corrected chi connectivity index (χ2v) is 6.56. The number of carbonyl (C=O) groups excluding carboxylic acids is 2. The molecule has 2 saturated heterocycles. The van der Waals surface area contributed by atoms with E-state index in [0.717, 1.165) is 31.7 Å². The highest BCUT2D eigenvalue weighted by Crippen LogP contribution is 2.37. The van der Waals surface area contributed by atoms with Crippen LogP contribution in [0.15, 0.2) is 0 Å². The highest BCUT2D eigenvalue weighted by molar-refractivity contribution is 5.81. The SMILES string of the molecule is NC(=O)N1CCC[C@H](C(=O)N2CCC[C@@H]3CCC[C@H]32)C1. The van der Waals surface area contributed by atoms with Gasteiger partial charge in [-0.3, -0.25) is 4.79 Å². The molecule has 3 fully saturated rings. The summed E-state index contributed by atoms with van der Waals surface area (Å²) in [6.45, 7) is 2.13. The maximum atomic E-state index is 12.8. The van der Waals surface area contributed by atoms with Crippen molar-refractivity contribution in [3.8, 4) is 0 Å². The number of piperidine rings is 2. The maximum absolute atomic E-state index is 12.8. The van der Waals surface area contributed by atoms with Crippen molar-refractivity contribution in [1.29, 1.82) is 0 Å². The van der Waals surface area contributed by atoms with Crippen LogP contribution in [0.2, 0.25) is 0 Å². The lowest BCUT2D eigenvalue weighted by atomic mass is 9.89. The van der Waals surface area contributed by atoms with Crippen LogP contribution in [0.25, 0.3) is 0 Å². The first-order valence-electron chi connectivity index (χ1n) is 8.01. The van der Waals surface area contributed by atoms with E-state index in [1.165, 1.54) is 25.7 Å². The molecule has 2 aliphatic heterocycles. The van der Waals surface area contributed by atoms with E-state index in [0.29, 0.717) is 19.1 Å². The summed E-state index contributed by atoms with van der Waals surface area (Å²) < 4.78 is 0. The van der Waals surface area contributed by atoms with Gasteiger partial charge in [-0.15, -0.1) is 0 Å².